The molecule has 7 nitrogen and oxygen atoms in total. The predicted molar refractivity (Wildman–Crippen MR) is 99.5 cm³/mol. The van der Waals surface area contributed by atoms with E-state index < -0.39 is 0 Å². The maximum absolute atomic E-state index is 12.3. The molecule has 0 unspecified atom stereocenters. The molecule has 0 spiro atoms. The molecule has 26 heavy (non-hydrogen) atoms. The monoisotopic (exact) mass is 393 g/mol. The number of aromatic nitrogens is 1. The second-order valence-electron chi connectivity index (χ2n) is 5.80. The fourth-order valence-corrected chi connectivity index (χ4v) is 4.77. The summed E-state index contributed by atoms with van der Waals surface area (Å²) < 4.78 is 11.4. The molecule has 2 heterocycles. The van der Waals surface area contributed by atoms with Crippen LogP contribution in [0.15, 0.2) is 22.5 Å². The van der Waals surface area contributed by atoms with Gasteiger partial charge in [-0.05, 0) is 31.5 Å². The van der Waals surface area contributed by atoms with E-state index in [2.05, 4.69) is 10.3 Å². The molecule has 3 rings (SSSR count). The van der Waals surface area contributed by atoms with E-state index in [0.717, 1.165) is 26.2 Å². The molecule has 1 aliphatic rings. The number of thioether (sulfide) groups is 1. The van der Waals surface area contributed by atoms with Gasteiger partial charge >= 0.3 is 0 Å². The van der Waals surface area contributed by atoms with Gasteiger partial charge in [0.25, 0.3) is 0 Å². The predicted octanol–water partition coefficient (Wildman–Crippen LogP) is 2.01. The van der Waals surface area contributed by atoms with Gasteiger partial charge in [-0.3, -0.25) is 9.59 Å². The van der Waals surface area contributed by atoms with Crippen LogP contribution < -0.4 is 20.5 Å². The molecule has 1 aromatic heterocycles. The summed E-state index contributed by atoms with van der Waals surface area (Å²) in [6, 6.07) is 5.59. The second-order valence-corrected chi connectivity index (χ2v) is 8.47. The Morgan fingerprint density at radius 3 is 2.92 bits per heavy atom. The van der Waals surface area contributed by atoms with E-state index in [0.29, 0.717) is 12.3 Å². The summed E-state index contributed by atoms with van der Waals surface area (Å²) in [7, 11) is 0. The van der Waals surface area contributed by atoms with Gasteiger partial charge in [-0.25, -0.2) is 4.98 Å². The lowest BCUT2D eigenvalue weighted by molar-refractivity contribution is -0.120. The van der Waals surface area contributed by atoms with Crippen molar-refractivity contribution in [3.05, 3.63) is 34.3 Å². The van der Waals surface area contributed by atoms with Crippen molar-refractivity contribution in [2.45, 2.75) is 36.4 Å². The van der Waals surface area contributed by atoms with Gasteiger partial charge in [0.15, 0.2) is 15.8 Å². The molecule has 0 fully saturated rings. The number of nitrogens with zero attached hydrogens (tertiary/aromatic N) is 1. The number of nitrogens with one attached hydrogen (secondary N) is 1. The van der Waals surface area contributed by atoms with Gasteiger partial charge in [0.05, 0.1) is 17.4 Å². The zero-order valence-electron chi connectivity index (χ0n) is 14.4. The maximum atomic E-state index is 12.3. The maximum Gasteiger partial charge on any atom is 0.233 e. The number of carbonyl (C=O) groups is 2. The number of thiazole rings is 1. The Bertz CT molecular complexity index is 837. The highest BCUT2D eigenvalue weighted by atomic mass is 32.2. The quantitative estimate of drug-likeness (QED) is 0.698. The molecule has 1 aromatic carbocycles. The normalized spacial score (nSPS) is 13.5. The van der Waals surface area contributed by atoms with Crippen molar-refractivity contribution in [2.24, 2.45) is 5.73 Å². The topological polar surface area (TPSA) is 104 Å². The number of hydrogen-bond acceptors (Lipinski definition) is 7. The largest absolute Gasteiger partial charge is 0.454 e. The Morgan fingerprint density at radius 2 is 2.15 bits per heavy atom. The molecule has 9 heteroatoms. The standard InChI is InChI=1S/C17H19N3O4S2/c1-9-14(6-15(18)21)26-17(20-9)25-10(2)16(22)19-7-11-3-4-12-13(5-11)24-8-23-12/h3-5,10H,6-8H2,1-2H3,(H2,18,21)(H,19,22)/t10-/m1/s1. The SMILES string of the molecule is Cc1nc(S[C@H](C)C(=O)NCc2ccc3c(c2)OCO3)sc1CC(N)=O. The highest BCUT2D eigenvalue weighted by molar-refractivity contribution is 8.02. The Kier molecular flexibility index (Phi) is 5.67. The summed E-state index contributed by atoms with van der Waals surface area (Å²) >= 11 is 2.77. The molecule has 3 N–H and O–H groups in total. The minimum atomic E-state index is -0.386. The van der Waals surface area contributed by atoms with Gasteiger partial charge < -0.3 is 20.5 Å². The summed E-state index contributed by atoms with van der Waals surface area (Å²) in [6.45, 7) is 4.29. The van der Waals surface area contributed by atoms with E-state index in [1.807, 2.05) is 32.0 Å². The van der Waals surface area contributed by atoms with E-state index in [-0.39, 0.29) is 30.3 Å². The average Bonchev–Trinajstić information content (AvgIpc) is 3.18. The highest BCUT2D eigenvalue weighted by Crippen LogP contribution is 2.33. The Morgan fingerprint density at radius 1 is 1.38 bits per heavy atom. The van der Waals surface area contributed by atoms with Crippen LogP contribution in [0.25, 0.3) is 0 Å². The molecule has 2 aromatic rings. The molecule has 0 aliphatic carbocycles. The number of rotatable bonds is 7. The first-order valence-corrected chi connectivity index (χ1v) is 9.69. The van der Waals surface area contributed by atoms with Crippen molar-refractivity contribution in [2.75, 3.05) is 6.79 Å². The third-order valence-corrected chi connectivity index (χ3v) is 6.11. The van der Waals surface area contributed by atoms with Crippen molar-refractivity contribution in [3.8, 4) is 11.5 Å². The van der Waals surface area contributed by atoms with Crippen LogP contribution in [-0.4, -0.2) is 28.8 Å². The first kappa shape index (κ1) is 18.5. The molecule has 0 bridgehead atoms. The van der Waals surface area contributed by atoms with Crippen LogP contribution >= 0.6 is 23.1 Å². The molecule has 138 valence electrons. The number of primary amides is 1. The summed E-state index contributed by atoms with van der Waals surface area (Å²) in [6.07, 6.45) is 0.175. The lowest BCUT2D eigenvalue weighted by atomic mass is 10.2. The molecular formula is C17H19N3O4S2. The van der Waals surface area contributed by atoms with E-state index >= 15 is 0 Å². The Labute approximate surface area is 159 Å². The van der Waals surface area contributed by atoms with Crippen LogP contribution in [0.4, 0.5) is 0 Å². The van der Waals surface area contributed by atoms with Gasteiger partial charge in [0.1, 0.15) is 0 Å². The van der Waals surface area contributed by atoms with Crippen LogP contribution in [0, 0.1) is 6.92 Å². The third-order valence-electron chi connectivity index (χ3n) is 3.76. The molecule has 2 amide bonds. The Balaban J connectivity index is 1.54. The zero-order valence-corrected chi connectivity index (χ0v) is 16.0. The van der Waals surface area contributed by atoms with Crippen LogP contribution in [0.3, 0.4) is 0 Å². The van der Waals surface area contributed by atoms with E-state index in [1.54, 1.807) is 0 Å². The number of fused-ring (bicyclic) bond motifs is 1. The van der Waals surface area contributed by atoms with Crippen LogP contribution in [0.5, 0.6) is 11.5 Å². The molecule has 1 aliphatic heterocycles. The summed E-state index contributed by atoms with van der Waals surface area (Å²) in [5.41, 5.74) is 6.95. The summed E-state index contributed by atoms with van der Waals surface area (Å²) in [5.74, 6) is 0.939. The lowest BCUT2D eigenvalue weighted by Crippen LogP contribution is -2.30. The smallest absolute Gasteiger partial charge is 0.233 e. The van der Waals surface area contributed by atoms with Crippen molar-refractivity contribution in [1.29, 1.82) is 0 Å². The van der Waals surface area contributed by atoms with Crippen molar-refractivity contribution in [1.82, 2.24) is 10.3 Å². The first-order chi connectivity index (χ1) is 12.4. The van der Waals surface area contributed by atoms with Crippen molar-refractivity contribution < 1.29 is 19.1 Å². The van der Waals surface area contributed by atoms with Crippen molar-refractivity contribution >= 4 is 34.9 Å². The van der Waals surface area contributed by atoms with Gasteiger partial charge in [0, 0.05) is 11.4 Å². The van der Waals surface area contributed by atoms with Crippen molar-refractivity contribution in [3.63, 3.8) is 0 Å². The molecule has 0 saturated heterocycles. The van der Waals surface area contributed by atoms with Gasteiger partial charge in [-0.15, -0.1) is 11.3 Å². The minimum Gasteiger partial charge on any atom is -0.454 e. The van der Waals surface area contributed by atoms with Crippen LogP contribution in [0.2, 0.25) is 0 Å². The summed E-state index contributed by atoms with van der Waals surface area (Å²) in [4.78, 5) is 28.7. The fourth-order valence-electron chi connectivity index (χ4n) is 2.36. The lowest BCUT2D eigenvalue weighted by Gasteiger charge is -2.11. The molecular weight excluding hydrogens is 374 g/mol. The first-order valence-electron chi connectivity index (χ1n) is 8.00. The number of amides is 2. The third kappa shape index (κ3) is 4.47. The van der Waals surface area contributed by atoms with Gasteiger partial charge in [0.2, 0.25) is 18.6 Å². The van der Waals surface area contributed by atoms with Crippen LogP contribution in [-0.2, 0) is 22.6 Å². The number of aryl methyl sites for hydroxylation is 1. The summed E-state index contributed by atoms with van der Waals surface area (Å²) in [5, 5.41) is 2.60. The number of benzene rings is 1. The van der Waals surface area contributed by atoms with Gasteiger partial charge in [-0.2, -0.15) is 0 Å². The Hall–Kier alpha value is -2.26. The van der Waals surface area contributed by atoms with Crippen LogP contribution in [0.1, 0.15) is 23.1 Å². The number of hydrogen-bond donors (Lipinski definition) is 2. The van der Waals surface area contributed by atoms with E-state index in [9.17, 15) is 9.59 Å². The molecule has 0 radical (unpaired) electrons. The highest BCUT2D eigenvalue weighted by Gasteiger charge is 2.19. The zero-order chi connectivity index (χ0) is 18.7. The number of nitrogens with two attached hydrogens (primary N) is 1. The average molecular weight is 393 g/mol. The minimum absolute atomic E-state index is 0.0861. The number of ether oxygens (including phenoxy) is 2. The fraction of sp³-hybridized carbons (Fsp3) is 0.353. The molecule has 0 saturated carbocycles. The van der Waals surface area contributed by atoms with E-state index in [4.69, 9.17) is 15.2 Å². The van der Waals surface area contributed by atoms with Gasteiger partial charge in [-0.1, -0.05) is 17.8 Å². The second kappa shape index (κ2) is 7.96. The van der Waals surface area contributed by atoms with E-state index in [1.165, 1.54) is 23.1 Å². The molecule has 1 atom stereocenters. The number of carbonyl (C=O) groups excluding carboxylic acids is 2.